The molecule has 0 aromatic carbocycles. The van der Waals surface area contributed by atoms with E-state index in [9.17, 15) is 10.1 Å². The van der Waals surface area contributed by atoms with E-state index in [2.05, 4.69) is 39.8 Å². The van der Waals surface area contributed by atoms with Gasteiger partial charge in [-0.25, -0.2) is 0 Å². The minimum Gasteiger partial charge on any atom is -0.463 e. The van der Waals surface area contributed by atoms with Crippen molar-refractivity contribution in [2.24, 2.45) is 0 Å². The summed E-state index contributed by atoms with van der Waals surface area (Å²) in [6.45, 7) is 1.31. The van der Waals surface area contributed by atoms with Crippen LogP contribution in [-0.2, 0) is 12.3 Å². The summed E-state index contributed by atoms with van der Waals surface area (Å²) in [7, 11) is 0. The van der Waals surface area contributed by atoms with Gasteiger partial charge >= 0.3 is 0 Å². The van der Waals surface area contributed by atoms with Gasteiger partial charge in [-0.15, -0.1) is 18.8 Å². The fraction of sp³-hybridized carbons (Fsp3) is 0.368. The summed E-state index contributed by atoms with van der Waals surface area (Å²) in [4.78, 5) is 10.0. The quantitative estimate of drug-likeness (QED) is 0.166. The first-order valence-electron chi connectivity index (χ1n) is 8.21. The van der Waals surface area contributed by atoms with Crippen molar-refractivity contribution in [3.63, 3.8) is 0 Å². The van der Waals surface area contributed by atoms with Crippen LogP contribution in [0.4, 0.5) is 0 Å². The SMILES string of the molecule is C#CCCC#CNCc1ccc(CSCCNC(=C[N+](=O)[O-])NCC#C)o1. The summed E-state index contributed by atoms with van der Waals surface area (Å²) in [5.41, 5.74) is 0. The molecule has 1 aromatic rings. The van der Waals surface area contributed by atoms with Crippen LogP contribution in [0.25, 0.3) is 0 Å². The smallest absolute Gasteiger partial charge is 0.274 e. The molecule has 8 heteroatoms. The number of thioether (sulfide) groups is 1. The van der Waals surface area contributed by atoms with Crippen LogP contribution in [0.15, 0.2) is 28.6 Å². The van der Waals surface area contributed by atoms with E-state index in [1.807, 2.05) is 12.1 Å². The van der Waals surface area contributed by atoms with Crippen LogP contribution >= 0.6 is 11.8 Å². The van der Waals surface area contributed by atoms with Crippen molar-refractivity contribution < 1.29 is 9.34 Å². The number of terminal acetylenes is 2. The van der Waals surface area contributed by atoms with Gasteiger partial charge < -0.3 is 20.4 Å². The molecule has 0 radical (unpaired) electrons. The number of nitro groups is 1. The Kier molecular flexibility index (Phi) is 11.4. The number of unbranched alkanes of at least 4 members (excludes halogenated alkanes) is 1. The van der Waals surface area contributed by atoms with Crippen LogP contribution in [0.3, 0.4) is 0 Å². The third kappa shape index (κ3) is 11.1. The summed E-state index contributed by atoms with van der Waals surface area (Å²) in [5, 5.41) is 19.2. The Balaban J connectivity index is 2.24. The Morgan fingerprint density at radius 3 is 2.81 bits per heavy atom. The van der Waals surface area contributed by atoms with Crippen molar-refractivity contribution in [2.75, 3.05) is 18.8 Å². The van der Waals surface area contributed by atoms with Crippen molar-refractivity contribution in [1.82, 2.24) is 16.0 Å². The molecule has 142 valence electrons. The number of hydrogen-bond donors (Lipinski definition) is 3. The Labute approximate surface area is 163 Å². The molecule has 0 aliphatic carbocycles. The van der Waals surface area contributed by atoms with E-state index in [-0.39, 0.29) is 6.54 Å². The fourth-order valence-corrected chi connectivity index (χ4v) is 2.57. The molecule has 1 aromatic heterocycles. The summed E-state index contributed by atoms with van der Waals surface area (Å²) < 4.78 is 5.71. The average Bonchev–Trinajstić information content (AvgIpc) is 3.09. The zero-order valence-electron chi connectivity index (χ0n) is 14.9. The van der Waals surface area contributed by atoms with E-state index in [0.717, 1.165) is 23.5 Å². The van der Waals surface area contributed by atoms with Gasteiger partial charge in [0.1, 0.15) is 11.5 Å². The second-order valence-corrected chi connectivity index (χ2v) is 6.20. The highest BCUT2D eigenvalue weighted by Crippen LogP contribution is 2.15. The molecule has 0 amide bonds. The Morgan fingerprint density at radius 1 is 1.26 bits per heavy atom. The predicted octanol–water partition coefficient (Wildman–Crippen LogP) is 1.86. The molecule has 0 atom stereocenters. The van der Waals surface area contributed by atoms with E-state index in [1.54, 1.807) is 11.8 Å². The first-order valence-corrected chi connectivity index (χ1v) is 9.37. The lowest BCUT2D eigenvalue weighted by molar-refractivity contribution is -0.404. The van der Waals surface area contributed by atoms with Gasteiger partial charge in [0, 0.05) is 31.2 Å². The molecule has 7 nitrogen and oxygen atoms in total. The highest BCUT2D eigenvalue weighted by molar-refractivity contribution is 7.98. The molecule has 0 bridgehead atoms. The Hall–Kier alpha value is -3.15. The molecular formula is C19H22N4O3S. The number of furan rings is 1. The summed E-state index contributed by atoms with van der Waals surface area (Å²) in [5.74, 6) is 11.3. The third-order valence-electron chi connectivity index (χ3n) is 2.97. The first kappa shape index (κ1) is 21.9. The number of nitrogens with one attached hydrogen (secondary N) is 3. The molecule has 0 aliphatic rings. The summed E-state index contributed by atoms with van der Waals surface area (Å²) >= 11 is 1.65. The highest BCUT2D eigenvalue weighted by Gasteiger charge is 2.03. The van der Waals surface area contributed by atoms with Crippen molar-refractivity contribution in [2.45, 2.75) is 25.1 Å². The summed E-state index contributed by atoms with van der Waals surface area (Å²) in [6.07, 6.45) is 12.5. The second kappa shape index (κ2) is 14.1. The zero-order valence-corrected chi connectivity index (χ0v) is 15.7. The van der Waals surface area contributed by atoms with Gasteiger partial charge in [0.05, 0.1) is 23.8 Å². The molecule has 0 unspecified atom stereocenters. The van der Waals surface area contributed by atoms with Gasteiger partial charge in [-0.05, 0) is 12.1 Å². The number of hydrogen-bond acceptors (Lipinski definition) is 7. The molecule has 3 N–H and O–H groups in total. The average molecular weight is 386 g/mol. The predicted molar refractivity (Wildman–Crippen MR) is 107 cm³/mol. The standard InChI is InChI=1S/C19H22N4O3S/c1-3-5-6-7-11-20-14-17-8-9-18(26-17)16-27-13-12-22-19(15-23(24)25)21-10-4-2/h1-2,8-9,15,20-22H,5-6,10,12-14,16H2. The van der Waals surface area contributed by atoms with Crippen molar-refractivity contribution in [3.8, 4) is 36.7 Å². The first-order chi connectivity index (χ1) is 13.2. The topological polar surface area (TPSA) is 92.4 Å². The van der Waals surface area contributed by atoms with Crippen molar-refractivity contribution >= 4 is 11.8 Å². The lowest BCUT2D eigenvalue weighted by atomic mass is 10.3. The molecule has 0 saturated carbocycles. The normalized spacial score (nSPS) is 10.1. The Morgan fingerprint density at radius 2 is 2.07 bits per heavy atom. The van der Waals surface area contributed by atoms with E-state index in [4.69, 9.17) is 17.3 Å². The van der Waals surface area contributed by atoms with Crippen LogP contribution in [0, 0.1) is 46.8 Å². The molecule has 1 heterocycles. The van der Waals surface area contributed by atoms with E-state index in [0.29, 0.717) is 37.5 Å². The minimum atomic E-state index is -0.531. The maximum Gasteiger partial charge on any atom is 0.274 e. The van der Waals surface area contributed by atoms with Crippen LogP contribution in [0.1, 0.15) is 24.4 Å². The van der Waals surface area contributed by atoms with Gasteiger partial charge in [0.25, 0.3) is 6.20 Å². The van der Waals surface area contributed by atoms with Gasteiger partial charge in [-0.3, -0.25) is 10.1 Å². The maximum atomic E-state index is 10.5. The monoisotopic (exact) mass is 386 g/mol. The number of rotatable bonds is 12. The fourth-order valence-electron chi connectivity index (χ4n) is 1.82. The molecule has 0 spiro atoms. The molecule has 1 rings (SSSR count). The minimum absolute atomic E-state index is 0.220. The maximum absolute atomic E-state index is 10.5. The largest absolute Gasteiger partial charge is 0.463 e. The van der Waals surface area contributed by atoms with E-state index >= 15 is 0 Å². The van der Waals surface area contributed by atoms with Gasteiger partial charge in [-0.1, -0.05) is 11.8 Å². The lowest BCUT2D eigenvalue weighted by Crippen LogP contribution is -2.29. The molecule has 0 saturated heterocycles. The van der Waals surface area contributed by atoms with E-state index in [1.165, 1.54) is 0 Å². The molecule has 27 heavy (non-hydrogen) atoms. The molecule has 0 fully saturated rings. The molecule has 0 aliphatic heterocycles. The summed E-state index contributed by atoms with van der Waals surface area (Å²) in [6, 6.07) is 6.67. The van der Waals surface area contributed by atoms with Gasteiger partial charge in [0.2, 0.25) is 0 Å². The van der Waals surface area contributed by atoms with Crippen LogP contribution in [0.5, 0.6) is 0 Å². The van der Waals surface area contributed by atoms with Gasteiger partial charge in [-0.2, -0.15) is 11.8 Å². The van der Waals surface area contributed by atoms with Crippen molar-refractivity contribution in [3.05, 3.63) is 45.8 Å². The lowest BCUT2D eigenvalue weighted by Gasteiger charge is -2.08. The third-order valence-corrected chi connectivity index (χ3v) is 3.95. The second-order valence-electron chi connectivity index (χ2n) is 5.09. The van der Waals surface area contributed by atoms with Crippen LogP contribution < -0.4 is 16.0 Å². The van der Waals surface area contributed by atoms with Gasteiger partial charge in [0.15, 0.2) is 5.82 Å². The number of nitrogens with zero attached hydrogens (tertiary/aromatic N) is 1. The van der Waals surface area contributed by atoms with E-state index < -0.39 is 4.92 Å². The van der Waals surface area contributed by atoms with Crippen molar-refractivity contribution in [1.29, 1.82) is 0 Å². The molecular weight excluding hydrogens is 364 g/mol. The van der Waals surface area contributed by atoms with Crippen LogP contribution in [-0.4, -0.2) is 23.8 Å². The highest BCUT2D eigenvalue weighted by atomic mass is 32.2. The van der Waals surface area contributed by atoms with Crippen LogP contribution in [0.2, 0.25) is 0 Å². The Bertz CT molecular complexity index is 762. The zero-order chi connectivity index (χ0) is 19.7.